The summed E-state index contributed by atoms with van der Waals surface area (Å²) in [5, 5.41) is 14.7. The van der Waals surface area contributed by atoms with E-state index in [1.165, 1.54) is 38.6 Å². The van der Waals surface area contributed by atoms with E-state index in [0.29, 0.717) is 17.1 Å². The lowest BCUT2D eigenvalue weighted by molar-refractivity contribution is -0.385. The number of nitro benzene ring substituents is 1. The molecule has 0 atom stereocenters. The fourth-order valence-corrected chi connectivity index (χ4v) is 2.09. The largest absolute Gasteiger partial charge is 0.493 e. The van der Waals surface area contributed by atoms with Crippen molar-refractivity contribution in [2.45, 2.75) is 0 Å². The number of methoxy groups -OCH3 is 2. The summed E-state index contributed by atoms with van der Waals surface area (Å²) < 4.78 is 15.6. The summed E-state index contributed by atoms with van der Waals surface area (Å²) in [6.45, 7) is -0.419. The molecule has 1 amide bonds. The van der Waals surface area contributed by atoms with E-state index in [1.54, 1.807) is 24.3 Å². The maximum Gasteiger partial charge on any atom is 0.310 e. The van der Waals surface area contributed by atoms with E-state index >= 15 is 0 Å². The van der Waals surface area contributed by atoms with Gasteiger partial charge in [0.1, 0.15) is 0 Å². The molecule has 2 aromatic rings. The Morgan fingerprint density at radius 3 is 2.58 bits per heavy atom. The highest BCUT2D eigenvalue weighted by atomic mass is 16.6. The molecular formula is C17H17N3O6. The Bertz CT molecular complexity index is 822. The highest BCUT2D eigenvalue weighted by Gasteiger charge is 2.14. The van der Waals surface area contributed by atoms with Gasteiger partial charge in [0.25, 0.3) is 5.91 Å². The van der Waals surface area contributed by atoms with Crippen LogP contribution in [0, 0.1) is 10.1 Å². The molecule has 0 fully saturated rings. The average molecular weight is 359 g/mol. The molecule has 0 spiro atoms. The molecule has 0 aromatic heterocycles. The number of rotatable bonds is 8. The number of para-hydroxylation sites is 3. The van der Waals surface area contributed by atoms with Gasteiger partial charge in [0.05, 0.1) is 25.4 Å². The van der Waals surface area contributed by atoms with Crippen LogP contribution in [0.2, 0.25) is 0 Å². The van der Waals surface area contributed by atoms with Crippen molar-refractivity contribution < 1.29 is 23.9 Å². The van der Waals surface area contributed by atoms with Crippen molar-refractivity contribution in [2.75, 3.05) is 20.8 Å². The first-order valence-corrected chi connectivity index (χ1v) is 7.46. The third kappa shape index (κ3) is 4.69. The standard InChI is InChI=1S/C17H17N3O6/c1-24-15-9-5-6-12(17(15)25-2)10-18-19-16(21)11-26-14-8-4-3-7-13(14)20(22)23/h3-10H,11H2,1-2H3,(H,19,21)/b18-10-. The third-order valence-electron chi connectivity index (χ3n) is 3.25. The van der Waals surface area contributed by atoms with Crippen LogP contribution in [0.25, 0.3) is 0 Å². The first kappa shape index (κ1) is 18.7. The first-order valence-electron chi connectivity index (χ1n) is 7.46. The van der Waals surface area contributed by atoms with Crippen molar-refractivity contribution in [1.29, 1.82) is 0 Å². The number of ether oxygens (including phenoxy) is 3. The van der Waals surface area contributed by atoms with E-state index in [-0.39, 0.29) is 11.4 Å². The van der Waals surface area contributed by atoms with Crippen molar-refractivity contribution >= 4 is 17.8 Å². The summed E-state index contributed by atoms with van der Waals surface area (Å²) in [6, 6.07) is 11.0. The molecule has 2 rings (SSSR count). The predicted octanol–water partition coefficient (Wildman–Crippen LogP) is 2.14. The number of carbonyl (C=O) groups excluding carboxylic acids is 1. The minimum Gasteiger partial charge on any atom is -0.493 e. The summed E-state index contributed by atoms with van der Waals surface area (Å²) in [6.07, 6.45) is 1.39. The van der Waals surface area contributed by atoms with Gasteiger partial charge in [0, 0.05) is 11.6 Å². The summed E-state index contributed by atoms with van der Waals surface area (Å²) in [5.74, 6) is 0.444. The molecule has 1 N–H and O–H groups in total. The molecule has 0 saturated carbocycles. The van der Waals surface area contributed by atoms with Gasteiger partial charge in [-0.1, -0.05) is 18.2 Å². The number of hydrazone groups is 1. The van der Waals surface area contributed by atoms with Gasteiger partial charge in [-0.05, 0) is 18.2 Å². The minimum absolute atomic E-state index is 0.00564. The topological polar surface area (TPSA) is 112 Å². The van der Waals surface area contributed by atoms with E-state index in [1.807, 2.05) is 0 Å². The molecule has 0 heterocycles. The van der Waals surface area contributed by atoms with Gasteiger partial charge in [0.2, 0.25) is 0 Å². The van der Waals surface area contributed by atoms with E-state index in [4.69, 9.17) is 14.2 Å². The minimum atomic E-state index is -0.583. The molecule has 0 bridgehead atoms. The van der Waals surface area contributed by atoms with Crippen LogP contribution in [-0.2, 0) is 4.79 Å². The van der Waals surface area contributed by atoms with Gasteiger partial charge in [-0.25, -0.2) is 5.43 Å². The van der Waals surface area contributed by atoms with Crippen molar-refractivity contribution in [3.05, 3.63) is 58.1 Å². The van der Waals surface area contributed by atoms with Gasteiger partial charge in [-0.2, -0.15) is 5.10 Å². The van der Waals surface area contributed by atoms with Crippen LogP contribution in [-0.4, -0.2) is 37.9 Å². The lowest BCUT2D eigenvalue weighted by atomic mass is 10.2. The zero-order valence-electron chi connectivity index (χ0n) is 14.2. The Morgan fingerprint density at radius 2 is 1.88 bits per heavy atom. The van der Waals surface area contributed by atoms with Crippen LogP contribution in [0.5, 0.6) is 17.2 Å². The Kier molecular flexibility index (Phi) is 6.49. The van der Waals surface area contributed by atoms with Gasteiger partial charge >= 0.3 is 5.69 Å². The lowest BCUT2D eigenvalue weighted by Gasteiger charge is -2.09. The number of nitrogens with one attached hydrogen (secondary N) is 1. The normalized spacial score (nSPS) is 10.4. The van der Waals surface area contributed by atoms with Crippen molar-refractivity contribution in [1.82, 2.24) is 5.43 Å². The summed E-state index contributed by atoms with van der Waals surface area (Å²) in [5.41, 5.74) is 2.66. The van der Waals surface area contributed by atoms with Crippen LogP contribution < -0.4 is 19.6 Å². The monoisotopic (exact) mass is 359 g/mol. The number of nitrogens with zero attached hydrogens (tertiary/aromatic N) is 2. The second-order valence-electron chi connectivity index (χ2n) is 4.89. The maximum atomic E-state index is 11.8. The maximum absolute atomic E-state index is 11.8. The van der Waals surface area contributed by atoms with E-state index < -0.39 is 17.4 Å². The Morgan fingerprint density at radius 1 is 1.15 bits per heavy atom. The lowest BCUT2D eigenvalue weighted by Crippen LogP contribution is -2.24. The molecule has 9 heteroatoms. The molecule has 136 valence electrons. The van der Waals surface area contributed by atoms with Crippen molar-refractivity contribution in [3.8, 4) is 17.2 Å². The molecule has 2 aromatic carbocycles. The summed E-state index contributed by atoms with van der Waals surface area (Å²) >= 11 is 0. The van der Waals surface area contributed by atoms with E-state index in [0.717, 1.165) is 0 Å². The molecule has 0 saturated heterocycles. The first-order chi connectivity index (χ1) is 12.6. The quantitative estimate of drug-likeness (QED) is 0.439. The second kappa shape index (κ2) is 9.02. The van der Waals surface area contributed by atoms with Crippen LogP contribution >= 0.6 is 0 Å². The molecule has 0 aliphatic heterocycles. The van der Waals surface area contributed by atoms with Crippen molar-refractivity contribution in [3.63, 3.8) is 0 Å². The highest BCUT2D eigenvalue weighted by molar-refractivity contribution is 5.86. The SMILES string of the molecule is COc1cccc(/C=N\NC(=O)COc2ccccc2[N+](=O)[O-])c1OC. The zero-order chi connectivity index (χ0) is 18.9. The Balaban J connectivity index is 1.96. The predicted molar refractivity (Wildman–Crippen MR) is 93.9 cm³/mol. The van der Waals surface area contributed by atoms with E-state index in [9.17, 15) is 14.9 Å². The van der Waals surface area contributed by atoms with Crippen molar-refractivity contribution in [2.24, 2.45) is 5.10 Å². The molecule has 0 unspecified atom stereocenters. The Hall–Kier alpha value is -3.62. The molecule has 0 aliphatic carbocycles. The number of carbonyl (C=O) groups is 1. The van der Waals surface area contributed by atoms with Gasteiger partial charge in [-0.3, -0.25) is 14.9 Å². The van der Waals surface area contributed by atoms with Crippen LogP contribution in [0.15, 0.2) is 47.6 Å². The molecule has 0 aliphatic rings. The molecule has 26 heavy (non-hydrogen) atoms. The van der Waals surface area contributed by atoms with Gasteiger partial charge in [0.15, 0.2) is 23.9 Å². The highest BCUT2D eigenvalue weighted by Crippen LogP contribution is 2.29. The summed E-state index contributed by atoms with van der Waals surface area (Å²) in [4.78, 5) is 22.1. The third-order valence-corrected chi connectivity index (χ3v) is 3.25. The summed E-state index contributed by atoms with van der Waals surface area (Å²) in [7, 11) is 3.01. The van der Waals surface area contributed by atoms with Crippen LogP contribution in [0.1, 0.15) is 5.56 Å². The molecular weight excluding hydrogens is 342 g/mol. The Labute approximate surface area is 149 Å². The second-order valence-corrected chi connectivity index (χ2v) is 4.89. The molecule has 0 radical (unpaired) electrons. The van der Waals surface area contributed by atoms with Crippen LogP contribution in [0.3, 0.4) is 0 Å². The van der Waals surface area contributed by atoms with Gasteiger partial charge < -0.3 is 14.2 Å². The number of amides is 1. The fraction of sp³-hybridized carbons (Fsp3) is 0.176. The average Bonchev–Trinajstić information content (AvgIpc) is 2.66. The number of hydrogen-bond acceptors (Lipinski definition) is 7. The molecule has 9 nitrogen and oxygen atoms in total. The fourth-order valence-electron chi connectivity index (χ4n) is 2.09. The smallest absolute Gasteiger partial charge is 0.310 e. The van der Waals surface area contributed by atoms with E-state index in [2.05, 4.69) is 10.5 Å². The number of nitro groups is 1. The van der Waals surface area contributed by atoms with Crippen LogP contribution in [0.4, 0.5) is 5.69 Å². The number of benzene rings is 2. The zero-order valence-corrected chi connectivity index (χ0v) is 14.2. The van der Waals surface area contributed by atoms with Gasteiger partial charge in [-0.15, -0.1) is 0 Å². The number of hydrogen-bond donors (Lipinski definition) is 1.